The highest BCUT2D eigenvalue weighted by molar-refractivity contribution is 5.39. The average Bonchev–Trinajstić information content (AvgIpc) is 2.83. The summed E-state index contributed by atoms with van der Waals surface area (Å²) in [5, 5.41) is 3.52. The van der Waals surface area contributed by atoms with Crippen LogP contribution in [0.3, 0.4) is 0 Å². The summed E-state index contributed by atoms with van der Waals surface area (Å²) in [5.41, 5.74) is 1.39. The van der Waals surface area contributed by atoms with Crippen LogP contribution in [0.15, 0.2) is 24.3 Å². The van der Waals surface area contributed by atoms with E-state index in [0.717, 1.165) is 38.5 Å². The van der Waals surface area contributed by atoms with E-state index in [1.54, 1.807) is 0 Å². The molecule has 0 spiro atoms. The van der Waals surface area contributed by atoms with E-state index in [1.165, 1.54) is 5.56 Å². The lowest BCUT2D eigenvalue weighted by Crippen LogP contribution is -2.54. The molecule has 0 amide bonds. The third-order valence-electron chi connectivity index (χ3n) is 4.42. The zero-order valence-electron chi connectivity index (χ0n) is 11.9. The summed E-state index contributed by atoms with van der Waals surface area (Å²) in [6, 6.07) is 9.15. The molecular weight excluding hydrogens is 236 g/mol. The van der Waals surface area contributed by atoms with Crippen molar-refractivity contribution in [2.24, 2.45) is 5.92 Å². The minimum absolute atomic E-state index is 0.538. The van der Waals surface area contributed by atoms with Crippen molar-refractivity contribution in [2.75, 3.05) is 32.8 Å². The minimum atomic E-state index is 0.538. The van der Waals surface area contributed by atoms with Crippen LogP contribution in [-0.4, -0.2) is 43.7 Å². The van der Waals surface area contributed by atoms with Crippen molar-refractivity contribution in [2.45, 2.75) is 25.8 Å². The molecule has 3 rings (SSSR count). The Hall–Kier alpha value is -1.06. The Bertz CT molecular complexity index is 433. The molecule has 104 valence electrons. The summed E-state index contributed by atoms with van der Waals surface area (Å²) in [7, 11) is 0. The van der Waals surface area contributed by atoms with Crippen LogP contribution in [0.2, 0.25) is 0 Å². The van der Waals surface area contributed by atoms with Crippen molar-refractivity contribution in [3.8, 4) is 5.75 Å². The Balaban J connectivity index is 1.71. The highest BCUT2D eigenvalue weighted by Crippen LogP contribution is 2.34. The third kappa shape index (κ3) is 2.63. The van der Waals surface area contributed by atoms with E-state index in [1.807, 2.05) is 0 Å². The lowest BCUT2D eigenvalue weighted by Gasteiger charge is -2.39. The zero-order chi connectivity index (χ0) is 13.2. The van der Waals surface area contributed by atoms with E-state index in [4.69, 9.17) is 4.74 Å². The first-order chi connectivity index (χ1) is 9.25. The van der Waals surface area contributed by atoms with Gasteiger partial charge in [-0.25, -0.2) is 0 Å². The van der Waals surface area contributed by atoms with Gasteiger partial charge in [-0.05, 0) is 12.0 Å². The summed E-state index contributed by atoms with van der Waals surface area (Å²) in [6.45, 7) is 10.00. The van der Waals surface area contributed by atoms with Crippen LogP contribution in [-0.2, 0) is 0 Å². The van der Waals surface area contributed by atoms with Gasteiger partial charge in [-0.3, -0.25) is 4.90 Å². The van der Waals surface area contributed by atoms with Gasteiger partial charge in [0.05, 0.1) is 6.61 Å². The summed E-state index contributed by atoms with van der Waals surface area (Å²) in [6.07, 6.45) is 0. The number of benzene rings is 1. The fourth-order valence-electron chi connectivity index (χ4n) is 3.32. The number of ether oxygens (including phenoxy) is 1. The van der Waals surface area contributed by atoms with Gasteiger partial charge in [0, 0.05) is 43.7 Å². The molecule has 3 nitrogen and oxygen atoms in total. The van der Waals surface area contributed by atoms with Gasteiger partial charge < -0.3 is 10.1 Å². The van der Waals surface area contributed by atoms with Gasteiger partial charge in [-0.2, -0.15) is 0 Å². The third-order valence-corrected chi connectivity index (χ3v) is 4.42. The Morgan fingerprint density at radius 1 is 1.37 bits per heavy atom. The van der Waals surface area contributed by atoms with Crippen LogP contribution >= 0.6 is 0 Å². The Morgan fingerprint density at radius 3 is 3.05 bits per heavy atom. The quantitative estimate of drug-likeness (QED) is 0.900. The molecule has 1 N–H and O–H groups in total. The first kappa shape index (κ1) is 12.9. The number of nitrogens with zero attached hydrogens (tertiary/aromatic N) is 1. The van der Waals surface area contributed by atoms with E-state index in [9.17, 15) is 0 Å². The van der Waals surface area contributed by atoms with Crippen molar-refractivity contribution in [1.82, 2.24) is 10.2 Å². The zero-order valence-corrected chi connectivity index (χ0v) is 11.9. The molecule has 2 heterocycles. The fourth-order valence-corrected chi connectivity index (χ4v) is 3.32. The number of hydrogen-bond donors (Lipinski definition) is 1. The second-order valence-electron chi connectivity index (χ2n) is 6.06. The van der Waals surface area contributed by atoms with Crippen LogP contribution < -0.4 is 10.1 Å². The normalized spacial score (nSPS) is 27.3. The molecule has 1 aromatic carbocycles. The van der Waals surface area contributed by atoms with Crippen molar-refractivity contribution in [3.05, 3.63) is 29.8 Å². The average molecular weight is 260 g/mol. The Morgan fingerprint density at radius 2 is 2.21 bits per heavy atom. The maximum Gasteiger partial charge on any atom is 0.122 e. The minimum Gasteiger partial charge on any atom is -0.493 e. The molecule has 2 aliphatic heterocycles. The topological polar surface area (TPSA) is 24.5 Å². The number of piperazine rings is 1. The molecule has 0 radical (unpaired) electrons. The smallest absolute Gasteiger partial charge is 0.122 e. The second-order valence-corrected chi connectivity index (χ2v) is 6.06. The van der Waals surface area contributed by atoms with Crippen molar-refractivity contribution >= 4 is 0 Å². The van der Waals surface area contributed by atoms with E-state index < -0.39 is 0 Å². The summed E-state index contributed by atoms with van der Waals surface area (Å²) < 4.78 is 5.81. The summed E-state index contributed by atoms with van der Waals surface area (Å²) in [5.74, 6) is 2.32. The van der Waals surface area contributed by atoms with Crippen LogP contribution in [0.25, 0.3) is 0 Å². The predicted octanol–water partition coefficient (Wildman–Crippen LogP) is 2.09. The van der Waals surface area contributed by atoms with Crippen LogP contribution in [0.5, 0.6) is 5.75 Å². The van der Waals surface area contributed by atoms with Gasteiger partial charge in [0.25, 0.3) is 0 Å². The van der Waals surface area contributed by atoms with Crippen LogP contribution in [0, 0.1) is 5.92 Å². The van der Waals surface area contributed by atoms with Crippen molar-refractivity contribution in [3.63, 3.8) is 0 Å². The fraction of sp³-hybridized carbons (Fsp3) is 0.625. The molecular formula is C16H24N2O. The number of para-hydroxylation sites is 1. The molecule has 2 aliphatic rings. The lowest BCUT2D eigenvalue weighted by molar-refractivity contribution is 0.112. The maximum atomic E-state index is 5.81. The molecule has 1 fully saturated rings. The number of hydrogen-bond acceptors (Lipinski definition) is 3. The van der Waals surface area contributed by atoms with E-state index >= 15 is 0 Å². The molecule has 1 aromatic rings. The second kappa shape index (κ2) is 5.51. The standard InChI is InChI=1S/C16H24N2O/c1-12(2)15-9-17-7-8-18(15)10-13-11-19-16-6-4-3-5-14(13)16/h3-6,12-13,15,17H,7-11H2,1-2H3. The molecule has 0 bridgehead atoms. The number of fused-ring (bicyclic) bond motifs is 1. The monoisotopic (exact) mass is 260 g/mol. The van der Waals surface area contributed by atoms with Crippen molar-refractivity contribution in [1.29, 1.82) is 0 Å². The highest BCUT2D eigenvalue weighted by atomic mass is 16.5. The van der Waals surface area contributed by atoms with Crippen LogP contribution in [0.4, 0.5) is 0 Å². The molecule has 2 atom stereocenters. The van der Waals surface area contributed by atoms with E-state index in [0.29, 0.717) is 17.9 Å². The van der Waals surface area contributed by atoms with Gasteiger partial charge in [-0.1, -0.05) is 32.0 Å². The van der Waals surface area contributed by atoms with Crippen LogP contribution in [0.1, 0.15) is 25.3 Å². The molecule has 3 heteroatoms. The first-order valence-corrected chi connectivity index (χ1v) is 7.42. The summed E-state index contributed by atoms with van der Waals surface area (Å²) in [4.78, 5) is 2.65. The molecule has 19 heavy (non-hydrogen) atoms. The Kier molecular flexibility index (Phi) is 3.76. The van der Waals surface area contributed by atoms with Gasteiger partial charge >= 0.3 is 0 Å². The van der Waals surface area contributed by atoms with Gasteiger partial charge in [-0.15, -0.1) is 0 Å². The maximum absolute atomic E-state index is 5.81. The lowest BCUT2D eigenvalue weighted by atomic mass is 9.96. The molecule has 2 unspecified atom stereocenters. The Labute approximate surface area is 115 Å². The number of rotatable bonds is 3. The molecule has 0 saturated carbocycles. The summed E-state index contributed by atoms with van der Waals surface area (Å²) >= 11 is 0. The SMILES string of the molecule is CC(C)C1CNCCN1CC1COc2ccccc21. The first-order valence-electron chi connectivity index (χ1n) is 7.42. The predicted molar refractivity (Wildman–Crippen MR) is 77.7 cm³/mol. The molecule has 0 aliphatic carbocycles. The van der Waals surface area contributed by atoms with Gasteiger partial charge in [0.15, 0.2) is 0 Å². The van der Waals surface area contributed by atoms with Gasteiger partial charge in [0.2, 0.25) is 0 Å². The molecule has 1 saturated heterocycles. The highest BCUT2D eigenvalue weighted by Gasteiger charge is 2.31. The van der Waals surface area contributed by atoms with E-state index in [2.05, 4.69) is 48.3 Å². The van der Waals surface area contributed by atoms with Crippen molar-refractivity contribution < 1.29 is 4.74 Å². The number of nitrogens with one attached hydrogen (secondary N) is 1. The van der Waals surface area contributed by atoms with Gasteiger partial charge in [0.1, 0.15) is 5.75 Å². The largest absolute Gasteiger partial charge is 0.493 e. The van der Waals surface area contributed by atoms with E-state index in [-0.39, 0.29) is 0 Å². The molecule has 0 aromatic heterocycles.